The van der Waals surface area contributed by atoms with Crippen LogP contribution in [-0.2, 0) is 5.88 Å². The summed E-state index contributed by atoms with van der Waals surface area (Å²) in [5.41, 5.74) is 1.09. The van der Waals surface area contributed by atoms with Gasteiger partial charge in [-0.05, 0) is 31.5 Å². The highest BCUT2D eigenvalue weighted by atomic mass is 35.5. The molecule has 0 aliphatic heterocycles. The smallest absolute Gasteiger partial charge is 0.126 e. The number of nitrogens with one attached hydrogen (secondary N) is 1. The van der Waals surface area contributed by atoms with Crippen LogP contribution in [0.5, 0.6) is 0 Å². The fourth-order valence-corrected chi connectivity index (χ4v) is 1.10. The van der Waals surface area contributed by atoms with Gasteiger partial charge >= 0.3 is 0 Å². The second kappa shape index (κ2) is 4.31. The van der Waals surface area contributed by atoms with Crippen molar-refractivity contribution in [2.75, 3.05) is 5.32 Å². The number of aromatic nitrogens is 1. The maximum absolute atomic E-state index is 5.68. The molecule has 1 aromatic heterocycles. The van der Waals surface area contributed by atoms with E-state index >= 15 is 0 Å². The molecule has 12 heavy (non-hydrogen) atoms. The number of alkyl halides is 1. The summed E-state index contributed by atoms with van der Waals surface area (Å²) in [7, 11) is 0. The predicted molar refractivity (Wildman–Crippen MR) is 52.6 cm³/mol. The second-order valence-corrected chi connectivity index (χ2v) is 3.25. The zero-order chi connectivity index (χ0) is 8.97. The topological polar surface area (TPSA) is 24.9 Å². The van der Waals surface area contributed by atoms with Gasteiger partial charge in [0.1, 0.15) is 5.82 Å². The molecule has 0 saturated carbocycles. The van der Waals surface area contributed by atoms with Crippen molar-refractivity contribution in [2.24, 2.45) is 0 Å². The molecular weight excluding hydrogens is 172 g/mol. The van der Waals surface area contributed by atoms with Gasteiger partial charge < -0.3 is 5.32 Å². The zero-order valence-corrected chi connectivity index (χ0v) is 8.10. The second-order valence-electron chi connectivity index (χ2n) is 2.98. The molecule has 1 aromatic rings. The summed E-state index contributed by atoms with van der Waals surface area (Å²) in [6, 6.07) is 4.29. The first-order chi connectivity index (χ1) is 5.72. The molecule has 2 nitrogen and oxygen atoms in total. The number of anilines is 1. The normalized spacial score (nSPS) is 10.3. The molecule has 0 spiro atoms. The SMILES string of the molecule is CC(C)Nc1cc(CCl)ccn1. The van der Waals surface area contributed by atoms with Crippen molar-refractivity contribution in [3.63, 3.8) is 0 Å². The van der Waals surface area contributed by atoms with E-state index in [1.807, 2.05) is 12.1 Å². The molecule has 0 atom stereocenters. The van der Waals surface area contributed by atoms with Crippen LogP contribution in [0.15, 0.2) is 18.3 Å². The predicted octanol–water partition coefficient (Wildman–Crippen LogP) is 2.64. The highest BCUT2D eigenvalue weighted by Gasteiger charge is 1.97. The van der Waals surface area contributed by atoms with Gasteiger partial charge in [0.25, 0.3) is 0 Å². The third-order valence-corrected chi connectivity index (χ3v) is 1.72. The highest BCUT2D eigenvalue weighted by Crippen LogP contribution is 2.09. The van der Waals surface area contributed by atoms with E-state index in [0.717, 1.165) is 11.4 Å². The number of rotatable bonds is 3. The standard InChI is InChI=1S/C9H13ClN2/c1-7(2)12-9-5-8(6-10)3-4-11-9/h3-5,7H,6H2,1-2H3,(H,11,12). The van der Waals surface area contributed by atoms with Crippen molar-refractivity contribution in [3.8, 4) is 0 Å². The fourth-order valence-electron chi connectivity index (χ4n) is 0.932. The first kappa shape index (κ1) is 9.33. The van der Waals surface area contributed by atoms with E-state index in [2.05, 4.69) is 24.1 Å². The molecule has 1 N–H and O–H groups in total. The Labute approximate surface area is 78.0 Å². The molecule has 0 aliphatic carbocycles. The van der Waals surface area contributed by atoms with Gasteiger partial charge in [-0.2, -0.15) is 0 Å². The number of hydrogen-bond donors (Lipinski definition) is 1. The number of halogens is 1. The fraction of sp³-hybridized carbons (Fsp3) is 0.444. The molecule has 1 heterocycles. The van der Waals surface area contributed by atoms with Gasteiger partial charge in [0.05, 0.1) is 0 Å². The van der Waals surface area contributed by atoms with E-state index in [0.29, 0.717) is 11.9 Å². The lowest BCUT2D eigenvalue weighted by Gasteiger charge is -2.08. The van der Waals surface area contributed by atoms with E-state index in [-0.39, 0.29) is 0 Å². The molecule has 0 aliphatic rings. The summed E-state index contributed by atoms with van der Waals surface area (Å²) in [4.78, 5) is 4.16. The lowest BCUT2D eigenvalue weighted by Crippen LogP contribution is -2.10. The number of hydrogen-bond acceptors (Lipinski definition) is 2. The lowest BCUT2D eigenvalue weighted by molar-refractivity contribution is 0.888. The highest BCUT2D eigenvalue weighted by molar-refractivity contribution is 6.17. The average molecular weight is 185 g/mol. The molecule has 1 rings (SSSR count). The Hall–Kier alpha value is -0.760. The van der Waals surface area contributed by atoms with Gasteiger partial charge in [0.2, 0.25) is 0 Å². The minimum absolute atomic E-state index is 0.406. The third-order valence-electron chi connectivity index (χ3n) is 1.42. The van der Waals surface area contributed by atoms with Crippen LogP contribution in [0.1, 0.15) is 19.4 Å². The first-order valence-electron chi connectivity index (χ1n) is 4.00. The Kier molecular flexibility index (Phi) is 3.35. The van der Waals surface area contributed by atoms with Crippen molar-refractivity contribution in [1.29, 1.82) is 0 Å². The summed E-state index contributed by atoms with van der Waals surface area (Å²) in [5.74, 6) is 1.43. The van der Waals surface area contributed by atoms with Crippen LogP contribution in [0.25, 0.3) is 0 Å². The Morgan fingerprint density at radius 1 is 1.58 bits per heavy atom. The van der Waals surface area contributed by atoms with Gasteiger partial charge in [0.15, 0.2) is 0 Å². The van der Waals surface area contributed by atoms with Gasteiger partial charge in [-0.25, -0.2) is 4.98 Å². The summed E-state index contributed by atoms with van der Waals surface area (Å²) in [6.07, 6.45) is 1.77. The monoisotopic (exact) mass is 184 g/mol. The Balaban J connectivity index is 2.72. The third kappa shape index (κ3) is 2.70. The van der Waals surface area contributed by atoms with Gasteiger partial charge in [-0.15, -0.1) is 11.6 Å². The van der Waals surface area contributed by atoms with Gasteiger partial charge in [0, 0.05) is 18.1 Å². The number of nitrogens with zero attached hydrogens (tertiary/aromatic N) is 1. The molecule has 0 radical (unpaired) electrons. The van der Waals surface area contributed by atoms with E-state index in [1.165, 1.54) is 0 Å². The molecule has 0 bridgehead atoms. The minimum atomic E-state index is 0.406. The molecule has 0 amide bonds. The molecule has 0 fully saturated rings. The van der Waals surface area contributed by atoms with E-state index in [4.69, 9.17) is 11.6 Å². The maximum atomic E-state index is 5.68. The van der Waals surface area contributed by atoms with Crippen LogP contribution < -0.4 is 5.32 Å². The largest absolute Gasteiger partial charge is 0.368 e. The summed E-state index contributed by atoms with van der Waals surface area (Å²) in [5, 5.41) is 3.21. The molecule has 3 heteroatoms. The molecule has 0 saturated heterocycles. The Morgan fingerprint density at radius 3 is 2.92 bits per heavy atom. The van der Waals surface area contributed by atoms with Crippen molar-refractivity contribution in [1.82, 2.24) is 4.98 Å². The Morgan fingerprint density at radius 2 is 2.33 bits per heavy atom. The minimum Gasteiger partial charge on any atom is -0.368 e. The van der Waals surface area contributed by atoms with Gasteiger partial charge in [-0.3, -0.25) is 0 Å². The van der Waals surface area contributed by atoms with Crippen LogP contribution in [0.3, 0.4) is 0 Å². The zero-order valence-electron chi connectivity index (χ0n) is 7.34. The lowest BCUT2D eigenvalue weighted by atomic mass is 10.3. The van der Waals surface area contributed by atoms with E-state index < -0.39 is 0 Å². The maximum Gasteiger partial charge on any atom is 0.126 e. The molecule has 66 valence electrons. The van der Waals surface area contributed by atoms with Crippen LogP contribution in [0.4, 0.5) is 5.82 Å². The molecule has 0 aromatic carbocycles. The first-order valence-corrected chi connectivity index (χ1v) is 4.53. The van der Waals surface area contributed by atoms with Crippen molar-refractivity contribution in [2.45, 2.75) is 25.8 Å². The molecular formula is C9H13ClN2. The van der Waals surface area contributed by atoms with Crippen molar-refractivity contribution >= 4 is 17.4 Å². The van der Waals surface area contributed by atoms with Gasteiger partial charge in [-0.1, -0.05) is 0 Å². The van der Waals surface area contributed by atoms with Crippen molar-refractivity contribution < 1.29 is 0 Å². The average Bonchev–Trinajstić information content (AvgIpc) is 2.03. The quantitative estimate of drug-likeness (QED) is 0.731. The van der Waals surface area contributed by atoms with Crippen LogP contribution >= 0.6 is 11.6 Å². The Bertz CT molecular complexity index is 248. The van der Waals surface area contributed by atoms with E-state index in [1.54, 1.807) is 6.20 Å². The van der Waals surface area contributed by atoms with E-state index in [9.17, 15) is 0 Å². The molecule has 0 unspecified atom stereocenters. The summed E-state index contributed by atoms with van der Waals surface area (Å²) >= 11 is 5.68. The van der Waals surface area contributed by atoms with Crippen LogP contribution in [0, 0.1) is 0 Å². The summed E-state index contributed by atoms with van der Waals surface area (Å²) in [6.45, 7) is 4.16. The van der Waals surface area contributed by atoms with Crippen LogP contribution in [0.2, 0.25) is 0 Å². The van der Waals surface area contributed by atoms with Crippen molar-refractivity contribution in [3.05, 3.63) is 23.9 Å². The number of pyridine rings is 1. The summed E-state index contributed by atoms with van der Waals surface area (Å²) < 4.78 is 0. The van der Waals surface area contributed by atoms with Crippen LogP contribution in [-0.4, -0.2) is 11.0 Å².